The summed E-state index contributed by atoms with van der Waals surface area (Å²) in [5, 5.41) is 4.16. The third-order valence-electron chi connectivity index (χ3n) is 3.77. The van der Waals surface area contributed by atoms with E-state index in [2.05, 4.69) is 10.3 Å². The molecule has 2 aromatic carbocycles. The number of fused-ring (bicyclic) bond motifs is 1. The van der Waals surface area contributed by atoms with Gasteiger partial charge in [-0.25, -0.2) is 4.79 Å². The maximum absolute atomic E-state index is 12.1. The largest absolute Gasteiger partial charge is 0.452 e. The van der Waals surface area contributed by atoms with Crippen LogP contribution in [0.3, 0.4) is 0 Å². The lowest BCUT2D eigenvalue weighted by molar-refractivity contribution is -0.124. The van der Waals surface area contributed by atoms with Crippen LogP contribution < -0.4 is 5.32 Å². The summed E-state index contributed by atoms with van der Waals surface area (Å²) in [6, 6.07) is 14.9. The van der Waals surface area contributed by atoms with Gasteiger partial charge < -0.3 is 15.0 Å². The number of aromatic amines is 1. The van der Waals surface area contributed by atoms with Crippen molar-refractivity contribution in [1.29, 1.82) is 0 Å². The Hall–Kier alpha value is -2.79. The Morgan fingerprint density at radius 1 is 1.12 bits per heavy atom. The molecule has 128 valence electrons. The van der Waals surface area contributed by atoms with Crippen molar-refractivity contribution in [1.82, 2.24) is 10.3 Å². The van der Waals surface area contributed by atoms with Crippen LogP contribution in [0, 0.1) is 0 Å². The number of para-hydroxylation sites is 1. The number of benzene rings is 2. The number of hydrogen-bond donors (Lipinski definition) is 2. The van der Waals surface area contributed by atoms with Crippen LogP contribution >= 0.6 is 11.6 Å². The highest BCUT2D eigenvalue weighted by molar-refractivity contribution is 6.30. The highest BCUT2D eigenvalue weighted by atomic mass is 35.5. The van der Waals surface area contributed by atoms with Gasteiger partial charge in [-0.2, -0.15) is 0 Å². The first-order chi connectivity index (χ1) is 12.1. The molecule has 0 spiro atoms. The van der Waals surface area contributed by atoms with Crippen molar-refractivity contribution in [2.45, 2.75) is 6.42 Å². The number of ether oxygens (including phenoxy) is 1. The SMILES string of the molecule is O=C(COC(=O)c1c[nH]c2ccccc12)NCCc1cccc(Cl)c1. The van der Waals surface area contributed by atoms with E-state index in [1.165, 1.54) is 0 Å². The summed E-state index contributed by atoms with van der Waals surface area (Å²) >= 11 is 5.91. The maximum Gasteiger partial charge on any atom is 0.340 e. The molecule has 0 fully saturated rings. The Morgan fingerprint density at radius 3 is 2.80 bits per heavy atom. The third kappa shape index (κ3) is 4.39. The fourth-order valence-electron chi connectivity index (χ4n) is 2.54. The van der Waals surface area contributed by atoms with Crippen molar-refractivity contribution in [3.05, 3.63) is 70.9 Å². The summed E-state index contributed by atoms with van der Waals surface area (Å²) < 4.78 is 5.09. The van der Waals surface area contributed by atoms with Gasteiger partial charge in [0.25, 0.3) is 5.91 Å². The van der Waals surface area contributed by atoms with Crippen LogP contribution in [0.1, 0.15) is 15.9 Å². The van der Waals surface area contributed by atoms with Crippen molar-refractivity contribution in [3.8, 4) is 0 Å². The van der Waals surface area contributed by atoms with Gasteiger partial charge in [-0.05, 0) is 30.2 Å². The molecule has 0 atom stereocenters. The molecule has 3 aromatic rings. The minimum atomic E-state index is -0.526. The molecule has 0 aliphatic carbocycles. The average Bonchev–Trinajstić information content (AvgIpc) is 3.04. The molecule has 1 amide bonds. The van der Waals surface area contributed by atoms with Crippen LogP contribution in [0.5, 0.6) is 0 Å². The molecule has 1 aromatic heterocycles. The van der Waals surface area contributed by atoms with Crippen LogP contribution in [0.15, 0.2) is 54.7 Å². The van der Waals surface area contributed by atoms with Crippen molar-refractivity contribution in [3.63, 3.8) is 0 Å². The van der Waals surface area contributed by atoms with Crippen LogP contribution in [0.4, 0.5) is 0 Å². The first-order valence-corrected chi connectivity index (χ1v) is 8.25. The smallest absolute Gasteiger partial charge is 0.340 e. The Morgan fingerprint density at radius 2 is 1.96 bits per heavy atom. The fourth-order valence-corrected chi connectivity index (χ4v) is 2.75. The summed E-state index contributed by atoms with van der Waals surface area (Å²) in [5.41, 5.74) is 2.30. The Bertz CT molecular complexity index is 904. The monoisotopic (exact) mass is 356 g/mol. The first kappa shape index (κ1) is 17.0. The van der Waals surface area contributed by atoms with Gasteiger partial charge in [0.2, 0.25) is 0 Å². The molecule has 0 saturated carbocycles. The van der Waals surface area contributed by atoms with Gasteiger partial charge in [0.15, 0.2) is 6.61 Å². The molecule has 3 rings (SSSR count). The van der Waals surface area contributed by atoms with E-state index in [0.717, 1.165) is 16.5 Å². The highest BCUT2D eigenvalue weighted by Crippen LogP contribution is 2.18. The topological polar surface area (TPSA) is 71.2 Å². The van der Waals surface area contributed by atoms with Gasteiger partial charge in [0.05, 0.1) is 5.56 Å². The minimum absolute atomic E-state index is 0.312. The Kier molecular flexibility index (Phi) is 5.36. The van der Waals surface area contributed by atoms with Gasteiger partial charge in [0.1, 0.15) is 0 Å². The second-order valence-electron chi connectivity index (χ2n) is 5.55. The number of aromatic nitrogens is 1. The number of rotatable bonds is 6. The second kappa shape index (κ2) is 7.85. The molecule has 0 saturated heterocycles. The number of amides is 1. The summed E-state index contributed by atoms with van der Waals surface area (Å²) in [6.45, 7) is 0.137. The van der Waals surface area contributed by atoms with E-state index in [1.807, 2.05) is 42.5 Å². The zero-order chi connectivity index (χ0) is 17.6. The van der Waals surface area contributed by atoms with Gasteiger partial charge in [-0.15, -0.1) is 0 Å². The van der Waals surface area contributed by atoms with E-state index in [0.29, 0.717) is 23.6 Å². The molecule has 0 unspecified atom stereocenters. The van der Waals surface area contributed by atoms with E-state index in [9.17, 15) is 9.59 Å². The minimum Gasteiger partial charge on any atom is -0.452 e. The van der Waals surface area contributed by atoms with Crippen molar-refractivity contribution >= 4 is 34.4 Å². The average molecular weight is 357 g/mol. The normalized spacial score (nSPS) is 10.6. The molecule has 25 heavy (non-hydrogen) atoms. The molecule has 0 radical (unpaired) electrons. The number of carbonyl (C=O) groups excluding carboxylic acids is 2. The molecule has 1 heterocycles. The fraction of sp³-hybridized carbons (Fsp3) is 0.158. The van der Waals surface area contributed by atoms with Crippen molar-refractivity contribution < 1.29 is 14.3 Å². The highest BCUT2D eigenvalue weighted by Gasteiger charge is 2.14. The van der Waals surface area contributed by atoms with Crippen LogP contribution in [-0.4, -0.2) is 30.0 Å². The van der Waals surface area contributed by atoms with Gasteiger partial charge in [-0.3, -0.25) is 4.79 Å². The third-order valence-corrected chi connectivity index (χ3v) is 4.00. The van der Waals surface area contributed by atoms with Gasteiger partial charge >= 0.3 is 5.97 Å². The maximum atomic E-state index is 12.1. The van der Waals surface area contributed by atoms with Gasteiger partial charge in [0, 0.05) is 28.7 Å². The molecular formula is C19H17ClN2O3. The van der Waals surface area contributed by atoms with Crippen LogP contribution in [0.2, 0.25) is 5.02 Å². The lowest BCUT2D eigenvalue weighted by Crippen LogP contribution is -2.30. The summed E-state index contributed by atoms with van der Waals surface area (Å²) in [5.74, 6) is -0.863. The molecule has 0 aliphatic rings. The Balaban J connectivity index is 1.46. The molecule has 0 aliphatic heterocycles. The molecule has 2 N–H and O–H groups in total. The van der Waals surface area contributed by atoms with Crippen molar-refractivity contribution in [2.75, 3.05) is 13.2 Å². The molecule has 0 bridgehead atoms. The van der Waals surface area contributed by atoms with Crippen molar-refractivity contribution in [2.24, 2.45) is 0 Å². The summed E-state index contributed by atoms with van der Waals surface area (Å²) in [7, 11) is 0. The predicted octanol–water partition coefficient (Wildman–Crippen LogP) is 3.34. The Labute approximate surface area is 149 Å². The van der Waals surface area contributed by atoms with E-state index in [1.54, 1.807) is 12.3 Å². The zero-order valence-corrected chi connectivity index (χ0v) is 14.2. The zero-order valence-electron chi connectivity index (χ0n) is 13.4. The summed E-state index contributed by atoms with van der Waals surface area (Å²) in [4.78, 5) is 26.9. The standard InChI is InChI=1S/C19H17ClN2O3/c20-14-5-3-4-13(10-14)8-9-21-18(23)12-25-19(24)16-11-22-17-7-2-1-6-15(16)17/h1-7,10-11,22H,8-9,12H2,(H,21,23). The van der Waals surface area contributed by atoms with Crippen LogP contribution in [-0.2, 0) is 16.0 Å². The predicted molar refractivity (Wildman–Crippen MR) is 96.7 cm³/mol. The number of esters is 1. The molecular weight excluding hydrogens is 340 g/mol. The van der Waals surface area contributed by atoms with E-state index in [4.69, 9.17) is 16.3 Å². The van der Waals surface area contributed by atoms with Gasteiger partial charge in [-0.1, -0.05) is 41.9 Å². The number of hydrogen-bond acceptors (Lipinski definition) is 3. The lowest BCUT2D eigenvalue weighted by Gasteiger charge is -2.07. The van der Waals surface area contributed by atoms with E-state index >= 15 is 0 Å². The molecule has 5 nitrogen and oxygen atoms in total. The molecule has 6 heteroatoms. The quantitative estimate of drug-likeness (QED) is 0.665. The number of nitrogens with one attached hydrogen (secondary N) is 2. The number of halogens is 1. The lowest BCUT2D eigenvalue weighted by atomic mass is 10.1. The second-order valence-corrected chi connectivity index (χ2v) is 5.99. The van der Waals surface area contributed by atoms with E-state index < -0.39 is 5.97 Å². The van der Waals surface area contributed by atoms with Crippen LogP contribution in [0.25, 0.3) is 10.9 Å². The first-order valence-electron chi connectivity index (χ1n) is 7.88. The number of H-pyrrole nitrogens is 1. The number of carbonyl (C=O) groups is 2. The van der Waals surface area contributed by atoms with E-state index in [-0.39, 0.29) is 12.5 Å². The summed E-state index contributed by atoms with van der Waals surface area (Å²) in [6.07, 6.45) is 2.24.